The molecule has 2 rings (SSSR count). The first-order valence-electron chi connectivity index (χ1n) is 7.09. The second kappa shape index (κ2) is 6.57. The molecule has 112 valence electrons. The summed E-state index contributed by atoms with van der Waals surface area (Å²) in [7, 11) is 0. The number of hydrogen-bond donors (Lipinski definition) is 1. The lowest BCUT2D eigenvalue weighted by Gasteiger charge is -2.21. The molecular weight excluding hydrogens is 393 g/mol. The van der Waals surface area contributed by atoms with Gasteiger partial charge in [0.15, 0.2) is 0 Å². The zero-order valence-electron chi connectivity index (χ0n) is 12.9. The van der Waals surface area contributed by atoms with Crippen molar-refractivity contribution in [3.63, 3.8) is 0 Å². The Kier molecular flexibility index (Phi) is 5.20. The molecule has 1 N–H and O–H groups in total. The minimum atomic E-state index is 0.189. The summed E-state index contributed by atoms with van der Waals surface area (Å²) in [5.74, 6) is 0. The van der Waals surface area contributed by atoms with Crippen molar-refractivity contribution in [2.24, 2.45) is 0 Å². The highest BCUT2D eigenvalue weighted by molar-refractivity contribution is 14.1. The van der Waals surface area contributed by atoms with Crippen LogP contribution >= 0.6 is 34.2 Å². The van der Waals surface area contributed by atoms with Gasteiger partial charge in [-0.2, -0.15) is 0 Å². The first-order chi connectivity index (χ1) is 9.77. The molecule has 2 aromatic carbocycles. The predicted octanol–water partition coefficient (Wildman–Crippen LogP) is 6.42. The Morgan fingerprint density at radius 3 is 2.19 bits per heavy atom. The molecule has 0 saturated carbocycles. The van der Waals surface area contributed by atoms with Crippen LogP contribution in [0, 0.1) is 3.57 Å². The smallest absolute Gasteiger partial charge is 0.0648 e. The summed E-state index contributed by atoms with van der Waals surface area (Å²) >= 11 is 8.54. The van der Waals surface area contributed by atoms with E-state index in [9.17, 15) is 0 Å². The van der Waals surface area contributed by atoms with Crippen molar-refractivity contribution in [1.29, 1.82) is 0 Å². The van der Waals surface area contributed by atoms with Gasteiger partial charge in [-0.15, -0.1) is 0 Å². The normalized spacial score (nSPS) is 13.0. The zero-order chi connectivity index (χ0) is 15.6. The Balaban J connectivity index is 2.15. The van der Waals surface area contributed by atoms with E-state index in [1.165, 1.54) is 11.1 Å². The second-order valence-corrected chi connectivity index (χ2v) is 8.02. The molecule has 0 aromatic heterocycles. The first-order valence-corrected chi connectivity index (χ1v) is 8.55. The molecular formula is C18H21ClIN. The summed E-state index contributed by atoms with van der Waals surface area (Å²) in [5.41, 5.74) is 3.78. The van der Waals surface area contributed by atoms with Crippen molar-refractivity contribution < 1.29 is 0 Å². The van der Waals surface area contributed by atoms with Gasteiger partial charge in [-0.25, -0.2) is 0 Å². The van der Waals surface area contributed by atoms with Gasteiger partial charge < -0.3 is 5.32 Å². The molecule has 1 atom stereocenters. The molecule has 0 heterocycles. The standard InChI is InChI=1S/C18H21ClIN/c1-12(21-17-10-9-15(20)11-16(17)19)13-5-7-14(8-6-13)18(2,3)4/h5-12,21H,1-4H3. The van der Waals surface area contributed by atoms with Crippen LogP contribution in [0.25, 0.3) is 0 Å². The SMILES string of the molecule is CC(Nc1ccc(I)cc1Cl)c1ccc(C(C)(C)C)cc1. The first kappa shape index (κ1) is 16.6. The summed E-state index contributed by atoms with van der Waals surface area (Å²) in [6.45, 7) is 8.85. The number of anilines is 1. The van der Waals surface area contributed by atoms with E-state index in [0.717, 1.165) is 14.3 Å². The molecule has 21 heavy (non-hydrogen) atoms. The summed E-state index contributed by atoms with van der Waals surface area (Å²) < 4.78 is 1.14. The fourth-order valence-corrected chi connectivity index (χ4v) is 3.11. The lowest BCUT2D eigenvalue weighted by molar-refractivity contribution is 0.589. The van der Waals surface area contributed by atoms with Gasteiger partial charge in [-0.05, 0) is 64.3 Å². The molecule has 0 spiro atoms. The van der Waals surface area contributed by atoms with Crippen LogP contribution < -0.4 is 5.32 Å². The largest absolute Gasteiger partial charge is 0.377 e. The van der Waals surface area contributed by atoms with Crippen LogP contribution in [0.2, 0.25) is 5.02 Å². The fraction of sp³-hybridized carbons (Fsp3) is 0.333. The molecule has 2 aromatic rings. The minimum absolute atomic E-state index is 0.189. The number of halogens is 2. The molecule has 3 heteroatoms. The van der Waals surface area contributed by atoms with Gasteiger partial charge in [0.25, 0.3) is 0 Å². The Hall–Kier alpha value is -0.740. The molecule has 1 nitrogen and oxygen atoms in total. The Bertz CT molecular complexity index is 614. The molecule has 0 aliphatic heterocycles. The Morgan fingerprint density at radius 1 is 1.05 bits per heavy atom. The van der Waals surface area contributed by atoms with E-state index in [4.69, 9.17) is 11.6 Å². The van der Waals surface area contributed by atoms with Crippen LogP contribution in [0.15, 0.2) is 42.5 Å². The van der Waals surface area contributed by atoms with Crippen molar-refractivity contribution in [3.05, 3.63) is 62.2 Å². The van der Waals surface area contributed by atoms with Crippen molar-refractivity contribution in [2.45, 2.75) is 39.2 Å². The monoisotopic (exact) mass is 413 g/mol. The van der Waals surface area contributed by atoms with Crippen LogP contribution in [0.3, 0.4) is 0 Å². The van der Waals surface area contributed by atoms with Gasteiger partial charge in [0, 0.05) is 9.61 Å². The molecule has 0 aliphatic rings. The van der Waals surface area contributed by atoms with Gasteiger partial charge in [-0.3, -0.25) is 0 Å². The van der Waals surface area contributed by atoms with E-state index in [-0.39, 0.29) is 11.5 Å². The average Bonchev–Trinajstić information content (AvgIpc) is 2.41. The molecule has 1 unspecified atom stereocenters. The third-order valence-corrected chi connectivity index (χ3v) is 4.56. The summed E-state index contributed by atoms with van der Waals surface area (Å²) in [5, 5.41) is 4.24. The minimum Gasteiger partial charge on any atom is -0.377 e. The van der Waals surface area contributed by atoms with Gasteiger partial charge in [-0.1, -0.05) is 56.6 Å². The fourth-order valence-electron chi connectivity index (χ4n) is 2.19. The number of hydrogen-bond acceptors (Lipinski definition) is 1. The van der Waals surface area contributed by atoms with Crippen LogP contribution in [0.5, 0.6) is 0 Å². The topological polar surface area (TPSA) is 12.0 Å². The van der Waals surface area contributed by atoms with Crippen molar-refractivity contribution >= 4 is 39.9 Å². The summed E-state index contributed by atoms with van der Waals surface area (Å²) in [6.07, 6.45) is 0. The maximum absolute atomic E-state index is 6.28. The number of rotatable bonds is 3. The highest BCUT2D eigenvalue weighted by atomic mass is 127. The Morgan fingerprint density at radius 2 is 1.67 bits per heavy atom. The van der Waals surface area contributed by atoms with Crippen molar-refractivity contribution in [1.82, 2.24) is 0 Å². The molecule has 0 amide bonds. The van der Waals surface area contributed by atoms with Crippen LogP contribution in [0.1, 0.15) is 44.9 Å². The molecule has 0 saturated heterocycles. The third-order valence-electron chi connectivity index (χ3n) is 3.58. The Labute approximate surface area is 146 Å². The van der Waals surface area contributed by atoms with E-state index >= 15 is 0 Å². The third kappa shape index (κ3) is 4.36. The molecule has 0 aliphatic carbocycles. The highest BCUT2D eigenvalue weighted by Gasteiger charge is 2.14. The van der Waals surface area contributed by atoms with Gasteiger partial charge in [0.1, 0.15) is 0 Å². The maximum atomic E-state index is 6.28. The van der Waals surface area contributed by atoms with E-state index in [2.05, 4.69) is 85.9 Å². The van der Waals surface area contributed by atoms with Crippen LogP contribution in [-0.2, 0) is 5.41 Å². The highest BCUT2D eigenvalue weighted by Crippen LogP contribution is 2.29. The number of benzene rings is 2. The molecule has 0 radical (unpaired) electrons. The summed E-state index contributed by atoms with van der Waals surface area (Å²) in [4.78, 5) is 0. The van der Waals surface area contributed by atoms with E-state index in [1.54, 1.807) is 0 Å². The summed E-state index contributed by atoms with van der Waals surface area (Å²) in [6, 6.07) is 15.1. The van der Waals surface area contributed by atoms with E-state index in [0.29, 0.717) is 0 Å². The maximum Gasteiger partial charge on any atom is 0.0648 e. The molecule has 0 bridgehead atoms. The van der Waals surface area contributed by atoms with Gasteiger partial charge in [0.2, 0.25) is 0 Å². The number of nitrogens with one attached hydrogen (secondary N) is 1. The van der Waals surface area contributed by atoms with Gasteiger partial charge in [0.05, 0.1) is 10.7 Å². The van der Waals surface area contributed by atoms with Crippen LogP contribution in [0.4, 0.5) is 5.69 Å². The van der Waals surface area contributed by atoms with Crippen molar-refractivity contribution in [2.75, 3.05) is 5.32 Å². The second-order valence-electron chi connectivity index (χ2n) is 6.36. The lowest BCUT2D eigenvalue weighted by atomic mass is 9.86. The average molecular weight is 414 g/mol. The predicted molar refractivity (Wildman–Crippen MR) is 101 cm³/mol. The van der Waals surface area contributed by atoms with E-state index in [1.807, 2.05) is 12.1 Å². The lowest BCUT2D eigenvalue weighted by Crippen LogP contribution is -2.12. The zero-order valence-corrected chi connectivity index (χ0v) is 15.8. The molecule has 0 fully saturated rings. The van der Waals surface area contributed by atoms with Crippen molar-refractivity contribution in [3.8, 4) is 0 Å². The van der Waals surface area contributed by atoms with Crippen LogP contribution in [-0.4, -0.2) is 0 Å². The quantitative estimate of drug-likeness (QED) is 0.573. The van der Waals surface area contributed by atoms with Gasteiger partial charge >= 0.3 is 0 Å². The van der Waals surface area contributed by atoms with E-state index < -0.39 is 0 Å².